The summed E-state index contributed by atoms with van der Waals surface area (Å²) in [5, 5.41) is 10.2. The van der Waals surface area contributed by atoms with E-state index >= 15 is 0 Å². The average molecular weight is 399 g/mol. The predicted octanol–water partition coefficient (Wildman–Crippen LogP) is 7.24. The average Bonchev–Trinajstić information content (AvgIpc) is 3.32. The highest BCUT2D eigenvalue weighted by atomic mass is 16.3. The first-order chi connectivity index (χ1) is 13.7. The van der Waals surface area contributed by atoms with E-state index < -0.39 is 0 Å². The van der Waals surface area contributed by atoms with Gasteiger partial charge in [0.15, 0.2) is 0 Å². The molecule has 0 aliphatic heterocycles. The number of hydrogen-bond acceptors (Lipinski definition) is 1. The van der Waals surface area contributed by atoms with E-state index in [1.807, 2.05) is 0 Å². The van der Waals surface area contributed by atoms with Gasteiger partial charge in [-0.25, -0.2) is 0 Å². The fourth-order valence-corrected chi connectivity index (χ4v) is 9.64. The van der Waals surface area contributed by atoms with Crippen LogP contribution in [0.4, 0.5) is 0 Å². The van der Waals surface area contributed by atoms with Gasteiger partial charge in [0.2, 0.25) is 0 Å². The molecular weight excluding hydrogens is 352 g/mol. The molecule has 164 valence electrons. The number of hydrogen-bond donors (Lipinski definition) is 1. The molecule has 0 spiro atoms. The maximum atomic E-state index is 10.2. The summed E-state index contributed by atoms with van der Waals surface area (Å²) >= 11 is 0. The van der Waals surface area contributed by atoms with Gasteiger partial charge in [0.25, 0.3) is 0 Å². The fourth-order valence-electron chi connectivity index (χ4n) is 9.64. The first-order valence-corrected chi connectivity index (χ1v) is 13.1. The lowest BCUT2D eigenvalue weighted by Gasteiger charge is -2.58. The molecule has 0 unspecified atom stereocenters. The molecule has 0 heterocycles. The Hall–Kier alpha value is -0.300. The van der Waals surface area contributed by atoms with Crippen molar-refractivity contribution in [2.45, 2.75) is 105 Å². The molecule has 0 saturated heterocycles. The van der Waals surface area contributed by atoms with E-state index in [0.29, 0.717) is 10.8 Å². The Morgan fingerprint density at radius 3 is 2.59 bits per heavy atom. The lowest BCUT2D eigenvalue weighted by atomic mass is 9.47. The number of aliphatic hydroxyl groups is 1. The largest absolute Gasteiger partial charge is 0.393 e. The monoisotopic (exact) mass is 398 g/mol. The molecule has 0 bridgehead atoms. The zero-order valence-corrected chi connectivity index (χ0v) is 19.8. The van der Waals surface area contributed by atoms with Gasteiger partial charge in [-0.05, 0) is 122 Å². The molecule has 0 amide bonds. The molecule has 4 fully saturated rings. The Balaban J connectivity index is 1.34. The van der Waals surface area contributed by atoms with Crippen LogP contribution in [-0.2, 0) is 0 Å². The van der Waals surface area contributed by atoms with Crippen molar-refractivity contribution < 1.29 is 5.11 Å². The van der Waals surface area contributed by atoms with Gasteiger partial charge in [0.05, 0.1) is 6.10 Å². The number of aliphatic hydroxyl groups excluding tert-OH is 1. The third-order valence-corrected chi connectivity index (χ3v) is 11.2. The molecule has 5 aliphatic carbocycles. The Bertz CT molecular complexity index is 663. The first kappa shape index (κ1) is 20.6. The van der Waals surface area contributed by atoms with Crippen molar-refractivity contribution in [3.05, 3.63) is 11.6 Å². The van der Waals surface area contributed by atoms with Gasteiger partial charge in [-0.3, -0.25) is 0 Å². The maximum Gasteiger partial charge on any atom is 0.0577 e. The summed E-state index contributed by atoms with van der Waals surface area (Å²) in [5.41, 5.74) is 2.62. The minimum Gasteiger partial charge on any atom is -0.393 e. The molecule has 29 heavy (non-hydrogen) atoms. The van der Waals surface area contributed by atoms with Crippen LogP contribution >= 0.6 is 0 Å². The quantitative estimate of drug-likeness (QED) is 0.495. The zero-order valence-electron chi connectivity index (χ0n) is 19.8. The normalized spacial score (nSPS) is 52.4. The summed E-state index contributed by atoms with van der Waals surface area (Å²) in [6, 6.07) is 0. The van der Waals surface area contributed by atoms with E-state index in [1.54, 1.807) is 5.57 Å². The summed E-state index contributed by atoms with van der Waals surface area (Å²) in [6.45, 7) is 12.7. The molecule has 5 aliphatic rings. The second kappa shape index (κ2) is 7.11. The Labute approximate surface area is 180 Å². The summed E-state index contributed by atoms with van der Waals surface area (Å²) < 4.78 is 0. The Kier molecular flexibility index (Phi) is 5.05. The summed E-state index contributed by atoms with van der Waals surface area (Å²) in [7, 11) is 0. The van der Waals surface area contributed by atoms with Crippen molar-refractivity contribution in [2.24, 2.45) is 58.2 Å². The molecule has 1 N–H and O–H groups in total. The van der Waals surface area contributed by atoms with Gasteiger partial charge in [-0.1, -0.05) is 46.3 Å². The van der Waals surface area contributed by atoms with Crippen LogP contribution in [0.1, 0.15) is 98.8 Å². The van der Waals surface area contributed by atoms with Crippen LogP contribution < -0.4 is 0 Å². The van der Waals surface area contributed by atoms with Gasteiger partial charge < -0.3 is 5.11 Å². The van der Waals surface area contributed by atoms with Crippen molar-refractivity contribution in [3.8, 4) is 0 Å². The van der Waals surface area contributed by atoms with E-state index in [9.17, 15) is 5.11 Å². The molecular formula is C28H46O. The highest BCUT2D eigenvalue weighted by Gasteiger charge is 2.60. The highest BCUT2D eigenvalue weighted by molar-refractivity contribution is 5.25. The molecule has 5 rings (SSSR count). The number of rotatable bonds is 4. The van der Waals surface area contributed by atoms with Crippen molar-refractivity contribution in [1.29, 1.82) is 0 Å². The minimum atomic E-state index is -0.0752. The van der Waals surface area contributed by atoms with Gasteiger partial charge in [0, 0.05) is 0 Å². The fraction of sp³-hybridized carbons (Fsp3) is 0.929. The molecule has 0 aromatic heterocycles. The van der Waals surface area contributed by atoms with E-state index in [4.69, 9.17) is 0 Å². The van der Waals surface area contributed by atoms with E-state index in [1.165, 1.54) is 51.4 Å². The van der Waals surface area contributed by atoms with Crippen molar-refractivity contribution in [1.82, 2.24) is 0 Å². The van der Waals surface area contributed by atoms with Gasteiger partial charge in [-0.15, -0.1) is 0 Å². The second-order valence-corrected chi connectivity index (χ2v) is 13.0. The first-order valence-electron chi connectivity index (χ1n) is 13.1. The molecule has 1 heteroatoms. The minimum absolute atomic E-state index is 0.0752. The van der Waals surface area contributed by atoms with E-state index in [0.717, 1.165) is 60.2 Å². The smallest absolute Gasteiger partial charge is 0.0577 e. The van der Waals surface area contributed by atoms with Crippen LogP contribution in [0.2, 0.25) is 0 Å². The van der Waals surface area contributed by atoms with Gasteiger partial charge in [0.1, 0.15) is 0 Å². The molecule has 0 aromatic rings. The zero-order chi connectivity index (χ0) is 20.6. The van der Waals surface area contributed by atoms with Crippen LogP contribution in [0, 0.1) is 58.2 Å². The molecule has 1 nitrogen and oxygen atoms in total. The van der Waals surface area contributed by atoms with Crippen molar-refractivity contribution in [2.75, 3.05) is 0 Å². The summed E-state index contributed by atoms with van der Waals surface area (Å²) in [6.07, 6.45) is 16.0. The number of fused-ring (bicyclic) bond motifs is 5. The SMILES string of the molecule is CC(C)C[C@H]1C[C@H]1[C@@H](C)[C@H]1CC[C@H]2[C@@H]3CC=C4C[C@@H](O)CC[C@]4(C)[C@H]3CC[C@]12C. The van der Waals surface area contributed by atoms with Crippen LogP contribution in [0.5, 0.6) is 0 Å². The van der Waals surface area contributed by atoms with Gasteiger partial charge >= 0.3 is 0 Å². The Morgan fingerprint density at radius 2 is 1.83 bits per heavy atom. The Morgan fingerprint density at radius 1 is 1.03 bits per heavy atom. The van der Waals surface area contributed by atoms with E-state index in [-0.39, 0.29) is 6.10 Å². The van der Waals surface area contributed by atoms with Crippen LogP contribution in [-0.4, -0.2) is 11.2 Å². The van der Waals surface area contributed by atoms with Crippen molar-refractivity contribution >= 4 is 0 Å². The topological polar surface area (TPSA) is 20.2 Å². The molecule has 0 aromatic carbocycles. The standard InChI is InChI=1S/C28H46O/c1-17(2)14-19-15-23(19)18(3)24-8-9-25-22-7-6-20-16-21(29)10-12-27(20,4)26(22)11-13-28(24,25)5/h6,17-19,21-26,29H,7-16H2,1-5H3/t18-,19+,21+,22+,23+,24-,25+,26+,27+,28-/m1/s1. The van der Waals surface area contributed by atoms with Crippen LogP contribution in [0.15, 0.2) is 11.6 Å². The van der Waals surface area contributed by atoms with Crippen LogP contribution in [0.25, 0.3) is 0 Å². The molecule has 4 saturated carbocycles. The maximum absolute atomic E-state index is 10.2. The van der Waals surface area contributed by atoms with Crippen molar-refractivity contribution in [3.63, 3.8) is 0 Å². The highest BCUT2D eigenvalue weighted by Crippen LogP contribution is 2.68. The van der Waals surface area contributed by atoms with Gasteiger partial charge in [-0.2, -0.15) is 0 Å². The lowest BCUT2D eigenvalue weighted by molar-refractivity contribution is -0.0584. The lowest BCUT2D eigenvalue weighted by Crippen LogP contribution is -2.50. The third kappa shape index (κ3) is 3.19. The summed E-state index contributed by atoms with van der Waals surface area (Å²) in [5.74, 6) is 7.62. The predicted molar refractivity (Wildman–Crippen MR) is 121 cm³/mol. The molecule has 10 atom stereocenters. The number of allylic oxidation sites excluding steroid dienone is 1. The van der Waals surface area contributed by atoms with E-state index in [2.05, 4.69) is 40.7 Å². The third-order valence-electron chi connectivity index (χ3n) is 11.2. The second-order valence-electron chi connectivity index (χ2n) is 13.0. The summed E-state index contributed by atoms with van der Waals surface area (Å²) in [4.78, 5) is 0. The molecule has 0 radical (unpaired) electrons. The van der Waals surface area contributed by atoms with Crippen LogP contribution in [0.3, 0.4) is 0 Å².